The van der Waals surface area contributed by atoms with E-state index in [1.165, 1.54) is 9.91 Å². The van der Waals surface area contributed by atoms with Gasteiger partial charge >= 0.3 is 141 Å². The molecule has 0 bridgehead atoms. The van der Waals surface area contributed by atoms with E-state index in [4.69, 9.17) is 4.74 Å². The van der Waals surface area contributed by atoms with Crippen LogP contribution in [0.2, 0.25) is 14.8 Å². The van der Waals surface area contributed by atoms with E-state index in [1.807, 2.05) is 32.9 Å². The van der Waals surface area contributed by atoms with Crippen LogP contribution < -0.4 is 3.58 Å². The fourth-order valence-corrected chi connectivity index (χ4v) is 5.32. The van der Waals surface area contributed by atoms with Crippen molar-refractivity contribution in [1.82, 2.24) is 20.4 Å². The second-order valence-corrected chi connectivity index (χ2v) is 21.9. The van der Waals surface area contributed by atoms with Gasteiger partial charge in [-0.1, -0.05) is 0 Å². The average Bonchev–Trinajstić information content (AvgIpc) is 2.45. The third-order valence-corrected chi connectivity index (χ3v) is 8.87. The summed E-state index contributed by atoms with van der Waals surface area (Å²) < 4.78 is 6.69. The fraction of sp³-hybridized carbons (Fsp3) is 0.438. The van der Waals surface area contributed by atoms with Gasteiger partial charge in [-0.05, 0) is 0 Å². The molecule has 2 aromatic rings. The Balaban J connectivity index is 2.53. The Morgan fingerprint density at radius 2 is 1.65 bits per heavy atom. The monoisotopic (exact) mass is 422 g/mol. The molecule has 1 heterocycles. The molecule has 0 spiro atoms. The predicted octanol–water partition coefficient (Wildman–Crippen LogP) is 2.43. The molecule has 0 atom stereocenters. The molecule has 0 aliphatic rings. The maximum atomic E-state index is 12.5. The summed E-state index contributed by atoms with van der Waals surface area (Å²) in [6.07, 6.45) is 1.28. The molecule has 2 rings (SSSR count). The van der Waals surface area contributed by atoms with Crippen molar-refractivity contribution in [3.8, 4) is 11.4 Å². The molecule has 0 aliphatic heterocycles. The van der Waals surface area contributed by atoms with Crippen LogP contribution in [0.3, 0.4) is 0 Å². The van der Waals surface area contributed by atoms with Gasteiger partial charge in [-0.15, -0.1) is 0 Å². The number of nitrogens with zero attached hydrogens (tertiary/aromatic N) is 4. The van der Waals surface area contributed by atoms with Crippen molar-refractivity contribution < 1.29 is 9.53 Å². The van der Waals surface area contributed by atoms with E-state index in [-0.39, 0.29) is 5.97 Å². The van der Waals surface area contributed by atoms with Crippen molar-refractivity contribution in [2.24, 2.45) is 0 Å². The van der Waals surface area contributed by atoms with Crippen molar-refractivity contribution in [2.45, 2.75) is 41.2 Å². The van der Waals surface area contributed by atoms with E-state index in [9.17, 15) is 4.79 Å². The Kier molecular flexibility index (Phi) is 5.03. The zero-order valence-corrected chi connectivity index (χ0v) is 17.3. The molecule has 0 radical (unpaired) electrons. The number of benzene rings is 1. The normalized spacial score (nSPS) is 12.1. The summed E-state index contributed by atoms with van der Waals surface area (Å²) in [5.41, 5.74) is 0.729. The Hall–Kier alpha value is -1.57. The number of ether oxygens (including phenoxy) is 1. The van der Waals surface area contributed by atoms with Crippen molar-refractivity contribution in [3.05, 3.63) is 30.1 Å². The zero-order chi connectivity index (χ0) is 17.3. The van der Waals surface area contributed by atoms with Crippen molar-refractivity contribution in [2.75, 3.05) is 0 Å². The van der Waals surface area contributed by atoms with Crippen LogP contribution in [0, 0.1) is 0 Å². The van der Waals surface area contributed by atoms with E-state index in [0.29, 0.717) is 11.4 Å². The van der Waals surface area contributed by atoms with E-state index in [0.717, 1.165) is 5.56 Å². The molecule has 0 aliphatic carbocycles. The Bertz CT molecular complexity index is 706. The predicted molar refractivity (Wildman–Crippen MR) is 91.2 cm³/mol. The van der Waals surface area contributed by atoms with Gasteiger partial charge in [0.25, 0.3) is 0 Å². The Morgan fingerprint density at radius 3 is 2.17 bits per heavy atom. The number of aromatic nitrogens is 4. The molecular formula is C16H22N4O2Sn. The number of carbonyl (C=O) groups excluding carboxylic acids is 1. The standard InChI is InChI=1S/C13H13N4O2.3CH3.Sn/c1-13(2,3)19-12(18)10-6-4-5-9(7-10)11-16-14-8-15-17-11;;;;/h5-8H,1-3H3;3*1H3;. The van der Waals surface area contributed by atoms with Crippen LogP contribution in [0.4, 0.5) is 0 Å². The molecule has 7 heteroatoms. The second-order valence-electron chi connectivity index (χ2n) is 7.42. The number of esters is 1. The molecule has 0 N–H and O–H groups in total. The van der Waals surface area contributed by atoms with Gasteiger partial charge in [-0.3, -0.25) is 0 Å². The summed E-state index contributed by atoms with van der Waals surface area (Å²) in [5, 5.41) is 15.5. The van der Waals surface area contributed by atoms with Gasteiger partial charge in [0.2, 0.25) is 0 Å². The maximum absolute atomic E-state index is 12.5. The summed E-state index contributed by atoms with van der Waals surface area (Å²) in [4.78, 5) is 19.3. The van der Waals surface area contributed by atoms with Gasteiger partial charge in [0.15, 0.2) is 0 Å². The SMILES string of the molecule is CC(C)(C)OC(=O)c1cc(-c2nncnn2)c[c]([Sn]([CH3])([CH3])[CH3])c1. The van der Waals surface area contributed by atoms with E-state index < -0.39 is 24.0 Å². The van der Waals surface area contributed by atoms with Crippen LogP contribution >= 0.6 is 0 Å². The molecule has 0 amide bonds. The van der Waals surface area contributed by atoms with E-state index in [1.54, 1.807) is 6.07 Å². The van der Waals surface area contributed by atoms with Crippen LogP contribution in [0.1, 0.15) is 31.1 Å². The van der Waals surface area contributed by atoms with Gasteiger partial charge in [0, 0.05) is 0 Å². The van der Waals surface area contributed by atoms with Crippen LogP contribution in [-0.2, 0) is 4.74 Å². The first-order valence-electron chi connectivity index (χ1n) is 7.46. The Labute approximate surface area is 140 Å². The molecule has 23 heavy (non-hydrogen) atoms. The molecule has 0 fully saturated rings. The van der Waals surface area contributed by atoms with Crippen molar-refractivity contribution >= 4 is 27.9 Å². The topological polar surface area (TPSA) is 77.9 Å². The number of carbonyl (C=O) groups is 1. The summed E-state index contributed by atoms with van der Waals surface area (Å²) in [6.45, 7) is 5.56. The van der Waals surface area contributed by atoms with Gasteiger partial charge in [0.05, 0.1) is 0 Å². The third kappa shape index (κ3) is 4.95. The van der Waals surface area contributed by atoms with Crippen molar-refractivity contribution in [1.29, 1.82) is 0 Å². The van der Waals surface area contributed by atoms with Crippen molar-refractivity contribution in [3.63, 3.8) is 0 Å². The van der Waals surface area contributed by atoms with Crippen LogP contribution in [0.15, 0.2) is 24.5 Å². The van der Waals surface area contributed by atoms with Crippen LogP contribution in [0.5, 0.6) is 0 Å². The first-order valence-corrected chi connectivity index (χ1v) is 17.4. The van der Waals surface area contributed by atoms with Gasteiger partial charge in [0.1, 0.15) is 0 Å². The number of hydrogen-bond donors (Lipinski definition) is 0. The number of hydrogen-bond acceptors (Lipinski definition) is 6. The quantitative estimate of drug-likeness (QED) is 0.560. The first-order chi connectivity index (χ1) is 10.6. The average molecular weight is 421 g/mol. The summed E-state index contributed by atoms with van der Waals surface area (Å²) in [5.74, 6) is 0.0719. The fourth-order valence-electron chi connectivity index (χ4n) is 1.96. The summed E-state index contributed by atoms with van der Waals surface area (Å²) in [7, 11) is 0. The third-order valence-electron chi connectivity index (χ3n) is 3.10. The second kappa shape index (κ2) is 6.51. The molecule has 1 aromatic carbocycles. The molecular weight excluding hydrogens is 399 g/mol. The summed E-state index contributed by atoms with van der Waals surface area (Å²) in [6, 6.07) is 5.73. The Morgan fingerprint density at radius 1 is 1.04 bits per heavy atom. The molecule has 6 nitrogen and oxygen atoms in total. The minimum atomic E-state index is -2.41. The zero-order valence-electron chi connectivity index (χ0n) is 14.4. The molecule has 122 valence electrons. The molecule has 1 aromatic heterocycles. The van der Waals surface area contributed by atoms with Gasteiger partial charge in [-0.2, -0.15) is 0 Å². The minimum absolute atomic E-state index is 0.340. The molecule has 0 unspecified atom stereocenters. The van der Waals surface area contributed by atoms with Crippen LogP contribution in [0.25, 0.3) is 11.4 Å². The van der Waals surface area contributed by atoms with Gasteiger partial charge < -0.3 is 0 Å². The van der Waals surface area contributed by atoms with E-state index in [2.05, 4.69) is 35.2 Å². The van der Waals surface area contributed by atoms with Crippen LogP contribution in [-0.4, -0.2) is 50.3 Å². The number of rotatable bonds is 3. The summed E-state index contributed by atoms with van der Waals surface area (Å²) >= 11 is -2.41. The molecule has 0 saturated carbocycles. The van der Waals surface area contributed by atoms with Gasteiger partial charge in [-0.25, -0.2) is 0 Å². The van der Waals surface area contributed by atoms with E-state index >= 15 is 0 Å². The first kappa shape index (κ1) is 17.8. The molecule has 0 saturated heterocycles.